The van der Waals surface area contributed by atoms with Crippen LogP contribution in [0.5, 0.6) is 0 Å². The van der Waals surface area contributed by atoms with Crippen molar-refractivity contribution in [2.24, 2.45) is 0 Å². The van der Waals surface area contributed by atoms with E-state index in [9.17, 15) is 18.3 Å². The van der Waals surface area contributed by atoms with Crippen LogP contribution < -0.4 is 10.9 Å². The average Bonchev–Trinajstić information content (AvgIpc) is 3.23. The first-order valence-electron chi connectivity index (χ1n) is 11.4. The van der Waals surface area contributed by atoms with E-state index in [-0.39, 0.29) is 5.39 Å². The summed E-state index contributed by atoms with van der Waals surface area (Å²) < 4.78 is 33.9. The van der Waals surface area contributed by atoms with Gasteiger partial charge in [-0.1, -0.05) is 12.8 Å². The number of halogens is 1. The highest BCUT2D eigenvalue weighted by atomic mass is 32.3. The maximum Gasteiger partial charge on any atom is 0.261 e. The molecule has 0 bridgehead atoms. The monoisotopic (exact) mass is 482 g/mol. The Balaban J connectivity index is 1.21. The molecule has 5 rings (SSSR count). The molecule has 0 unspecified atom stereocenters. The van der Waals surface area contributed by atoms with Gasteiger partial charge in [0.15, 0.2) is 0 Å². The second kappa shape index (κ2) is 9.13. The van der Waals surface area contributed by atoms with E-state index in [1.165, 1.54) is 18.9 Å². The summed E-state index contributed by atoms with van der Waals surface area (Å²) in [5, 5.41) is 3.89. The van der Waals surface area contributed by atoms with Crippen LogP contribution in [0.1, 0.15) is 44.3 Å². The summed E-state index contributed by atoms with van der Waals surface area (Å²) in [6.45, 7) is 1.92. The minimum atomic E-state index is -2.30. The number of fused-ring (bicyclic) bond motifs is 1. The summed E-state index contributed by atoms with van der Waals surface area (Å²) in [7, 11) is -2.30. The highest BCUT2D eigenvalue weighted by Crippen LogP contribution is 2.50. The van der Waals surface area contributed by atoms with Crippen LogP contribution in [0.3, 0.4) is 0 Å². The number of anilines is 1. The number of likely N-dealkylation sites (tertiary alicyclic amines) is 1. The van der Waals surface area contributed by atoms with Gasteiger partial charge in [-0.15, -0.1) is 0 Å². The number of piperidine rings is 1. The predicted octanol–water partition coefficient (Wildman–Crippen LogP) is 4.25. The van der Waals surface area contributed by atoms with Gasteiger partial charge >= 0.3 is 0 Å². The molecule has 0 radical (unpaired) electrons. The molecule has 4 N–H and O–H groups in total. The lowest BCUT2D eigenvalue weighted by molar-refractivity contribution is 0.175. The summed E-state index contributed by atoms with van der Waals surface area (Å²) in [5.74, 6) is 1.67. The molecule has 10 heteroatoms. The molecule has 7 nitrogen and oxygen atoms in total. The van der Waals surface area contributed by atoms with Crippen molar-refractivity contribution >= 4 is 38.9 Å². The van der Waals surface area contributed by atoms with Gasteiger partial charge < -0.3 is 10.3 Å². The zero-order chi connectivity index (χ0) is 22.3. The van der Waals surface area contributed by atoms with Crippen molar-refractivity contribution in [1.82, 2.24) is 14.9 Å². The zero-order valence-electron chi connectivity index (χ0n) is 18.1. The first-order valence-corrected chi connectivity index (χ1v) is 14.4. The van der Waals surface area contributed by atoms with Gasteiger partial charge in [0.1, 0.15) is 17.0 Å². The highest BCUT2D eigenvalue weighted by molar-refractivity contribution is 8.25. The Bertz CT molecular complexity index is 1030. The fourth-order valence-corrected chi connectivity index (χ4v) is 7.74. The number of nitrogens with one attached hydrogen (secondary N) is 2. The Labute approximate surface area is 192 Å². The van der Waals surface area contributed by atoms with Crippen molar-refractivity contribution in [2.45, 2.75) is 61.6 Å². The summed E-state index contributed by atoms with van der Waals surface area (Å²) >= 11 is 1.78. The van der Waals surface area contributed by atoms with Crippen molar-refractivity contribution in [3.63, 3.8) is 0 Å². The molecule has 176 valence electrons. The van der Waals surface area contributed by atoms with E-state index in [1.54, 1.807) is 17.8 Å². The van der Waals surface area contributed by atoms with E-state index in [0.717, 1.165) is 38.8 Å². The number of hydrogen-bond acceptors (Lipinski definition) is 7. The van der Waals surface area contributed by atoms with E-state index in [4.69, 9.17) is 0 Å². The zero-order valence-corrected chi connectivity index (χ0v) is 19.7. The number of aromatic nitrogens is 2. The molecule has 1 aliphatic carbocycles. The molecule has 3 aliphatic rings. The number of rotatable bonds is 6. The Kier molecular flexibility index (Phi) is 6.41. The SMILES string of the molecule is O=c1[nH]c(CSC2CCN(C3CS(O)(O)C3)CC2)nc2cc(NC3CCCC3)cc(F)c12. The van der Waals surface area contributed by atoms with Gasteiger partial charge in [-0.25, -0.2) is 9.37 Å². The minimum absolute atomic E-state index is 0.0236. The molecule has 3 fully saturated rings. The third-order valence-electron chi connectivity index (χ3n) is 6.90. The Hall–Kier alpha value is -1.33. The largest absolute Gasteiger partial charge is 0.382 e. The van der Waals surface area contributed by atoms with Gasteiger partial charge in [-0.05, 0) is 50.9 Å². The number of H-pyrrole nitrogens is 1. The molecule has 1 saturated carbocycles. The lowest BCUT2D eigenvalue weighted by atomic mass is 10.1. The Morgan fingerprint density at radius 2 is 1.91 bits per heavy atom. The fourth-order valence-electron chi connectivity index (χ4n) is 5.11. The third-order valence-corrected chi connectivity index (χ3v) is 10.1. The summed E-state index contributed by atoms with van der Waals surface area (Å²) in [6.07, 6.45) is 6.62. The van der Waals surface area contributed by atoms with Gasteiger partial charge in [0.25, 0.3) is 5.56 Å². The number of thioether (sulfide) groups is 1. The van der Waals surface area contributed by atoms with E-state index in [2.05, 4.69) is 20.2 Å². The summed E-state index contributed by atoms with van der Waals surface area (Å²) in [4.78, 5) is 22.2. The Morgan fingerprint density at radius 1 is 1.19 bits per heavy atom. The molecule has 3 heterocycles. The van der Waals surface area contributed by atoms with Gasteiger partial charge in [0.05, 0.1) is 22.8 Å². The topological polar surface area (TPSA) is 101 Å². The second-order valence-electron chi connectivity index (χ2n) is 9.33. The van der Waals surface area contributed by atoms with Gasteiger partial charge in [0.2, 0.25) is 0 Å². The van der Waals surface area contributed by atoms with Crippen LogP contribution in [0.4, 0.5) is 10.1 Å². The fraction of sp³-hybridized carbons (Fsp3) is 0.636. The minimum Gasteiger partial charge on any atom is -0.382 e. The Morgan fingerprint density at radius 3 is 2.59 bits per heavy atom. The van der Waals surface area contributed by atoms with Crippen LogP contribution in [-0.4, -0.2) is 65.9 Å². The van der Waals surface area contributed by atoms with E-state index >= 15 is 0 Å². The van der Waals surface area contributed by atoms with Crippen molar-refractivity contribution in [2.75, 3.05) is 29.9 Å². The molecule has 1 aromatic carbocycles. The molecule has 2 aliphatic heterocycles. The molecular formula is C22H31FN4O3S2. The average molecular weight is 483 g/mol. The van der Waals surface area contributed by atoms with Crippen molar-refractivity contribution in [3.8, 4) is 0 Å². The van der Waals surface area contributed by atoms with Crippen molar-refractivity contribution in [3.05, 3.63) is 34.1 Å². The maximum absolute atomic E-state index is 14.6. The highest BCUT2D eigenvalue weighted by Gasteiger charge is 2.38. The van der Waals surface area contributed by atoms with Crippen molar-refractivity contribution in [1.29, 1.82) is 0 Å². The van der Waals surface area contributed by atoms with Crippen LogP contribution in [0.15, 0.2) is 16.9 Å². The van der Waals surface area contributed by atoms with Gasteiger partial charge in [-0.3, -0.25) is 18.8 Å². The van der Waals surface area contributed by atoms with Crippen LogP contribution >= 0.6 is 22.4 Å². The van der Waals surface area contributed by atoms with Crippen LogP contribution in [0, 0.1) is 5.82 Å². The second-order valence-corrected chi connectivity index (χ2v) is 12.9. The lowest BCUT2D eigenvalue weighted by Gasteiger charge is -2.52. The predicted molar refractivity (Wildman–Crippen MR) is 130 cm³/mol. The molecule has 0 atom stereocenters. The molecular weight excluding hydrogens is 451 g/mol. The third kappa shape index (κ3) is 4.94. The van der Waals surface area contributed by atoms with Crippen LogP contribution in [-0.2, 0) is 5.75 Å². The standard InChI is InChI=1S/C22H31FN4O3S2/c23-18-9-15(24-14-3-1-2-4-14)10-19-21(18)22(28)26-20(25-19)11-31-17-5-7-27(8-6-17)16-12-32(29,30)13-16/h9-10,14,16-17,24,29-30H,1-8,11-13H2,(H,25,26,28). The number of benzene rings is 1. The molecule has 0 amide bonds. The number of aromatic amines is 1. The van der Waals surface area contributed by atoms with E-state index in [1.807, 2.05) is 0 Å². The van der Waals surface area contributed by atoms with Crippen LogP contribution in [0.2, 0.25) is 0 Å². The molecule has 2 saturated heterocycles. The van der Waals surface area contributed by atoms with Gasteiger partial charge in [-0.2, -0.15) is 22.4 Å². The quantitative estimate of drug-likeness (QED) is 0.488. The summed E-state index contributed by atoms with van der Waals surface area (Å²) in [6, 6.07) is 3.87. The summed E-state index contributed by atoms with van der Waals surface area (Å²) in [5.41, 5.74) is 0.677. The first-order chi connectivity index (χ1) is 15.4. The molecule has 0 spiro atoms. The van der Waals surface area contributed by atoms with Gasteiger partial charge in [0, 0.05) is 23.0 Å². The number of nitrogens with zero attached hydrogens (tertiary/aromatic N) is 2. The lowest BCUT2D eigenvalue weighted by Crippen LogP contribution is -2.53. The van der Waals surface area contributed by atoms with Crippen LogP contribution in [0.25, 0.3) is 10.9 Å². The normalized spacial score (nSPS) is 24.0. The smallest absolute Gasteiger partial charge is 0.261 e. The van der Waals surface area contributed by atoms with E-state index in [0.29, 0.717) is 51.6 Å². The van der Waals surface area contributed by atoms with E-state index < -0.39 is 22.0 Å². The molecule has 1 aromatic heterocycles. The first kappa shape index (κ1) is 22.5. The molecule has 2 aromatic rings. The number of hydrogen-bond donors (Lipinski definition) is 4. The molecule has 32 heavy (non-hydrogen) atoms. The van der Waals surface area contributed by atoms with Crippen molar-refractivity contribution < 1.29 is 13.5 Å². The maximum atomic E-state index is 14.6.